The number of aryl methyl sites for hydroxylation is 2. The Morgan fingerprint density at radius 3 is 2.47 bits per heavy atom. The highest BCUT2D eigenvalue weighted by atomic mass is 16.4. The van der Waals surface area contributed by atoms with Crippen molar-refractivity contribution < 1.29 is 9.90 Å². The summed E-state index contributed by atoms with van der Waals surface area (Å²) in [7, 11) is 0. The van der Waals surface area contributed by atoms with E-state index in [9.17, 15) is 9.90 Å². The fourth-order valence-corrected chi connectivity index (χ4v) is 2.52. The molecule has 0 bridgehead atoms. The average molecular weight is 237 g/mol. The number of imidazole rings is 1. The minimum atomic E-state index is -0.804. The third-order valence-corrected chi connectivity index (χ3v) is 3.29. The van der Waals surface area contributed by atoms with Crippen LogP contribution in [0.3, 0.4) is 0 Å². The standard InChI is InChI=1S/C12H19N3O2/c1-8-10(14-9(2)13-8)11(12(16)17)15-6-4-3-5-7-15/h11H,3-7H2,1-2H3,(H,13,14)(H,16,17). The first-order chi connectivity index (χ1) is 8.09. The molecule has 1 atom stereocenters. The third-order valence-electron chi connectivity index (χ3n) is 3.29. The molecule has 0 spiro atoms. The molecule has 2 rings (SSSR count). The van der Waals surface area contributed by atoms with Gasteiger partial charge in [0.1, 0.15) is 5.82 Å². The van der Waals surface area contributed by atoms with E-state index in [1.54, 1.807) is 0 Å². The third kappa shape index (κ3) is 2.49. The van der Waals surface area contributed by atoms with Gasteiger partial charge in [0.15, 0.2) is 6.04 Å². The summed E-state index contributed by atoms with van der Waals surface area (Å²) in [5.74, 6) is -0.0257. The second-order valence-corrected chi connectivity index (χ2v) is 4.67. The van der Waals surface area contributed by atoms with Crippen molar-refractivity contribution in [1.29, 1.82) is 0 Å². The zero-order valence-corrected chi connectivity index (χ0v) is 10.4. The van der Waals surface area contributed by atoms with Crippen LogP contribution in [0.15, 0.2) is 0 Å². The number of aromatic amines is 1. The molecule has 1 aromatic rings. The first-order valence-corrected chi connectivity index (χ1v) is 6.09. The monoisotopic (exact) mass is 237 g/mol. The van der Waals surface area contributed by atoms with Gasteiger partial charge in [0.2, 0.25) is 0 Å². The Balaban J connectivity index is 2.28. The van der Waals surface area contributed by atoms with Crippen molar-refractivity contribution in [2.24, 2.45) is 0 Å². The Hall–Kier alpha value is -1.36. The highest BCUT2D eigenvalue weighted by Gasteiger charge is 2.31. The zero-order valence-electron chi connectivity index (χ0n) is 10.4. The Kier molecular flexibility index (Phi) is 3.47. The molecule has 1 aliphatic rings. The zero-order chi connectivity index (χ0) is 12.4. The molecule has 0 amide bonds. The van der Waals surface area contributed by atoms with Crippen molar-refractivity contribution in [3.05, 3.63) is 17.2 Å². The number of nitrogens with zero attached hydrogens (tertiary/aromatic N) is 2. The van der Waals surface area contributed by atoms with Crippen molar-refractivity contribution >= 4 is 5.97 Å². The smallest absolute Gasteiger partial charge is 0.327 e. The number of hydrogen-bond donors (Lipinski definition) is 2. The SMILES string of the molecule is Cc1nc(C(C(=O)O)N2CCCCC2)c(C)[nH]1. The van der Waals surface area contributed by atoms with Gasteiger partial charge in [0.25, 0.3) is 0 Å². The Morgan fingerprint density at radius 1 is 1.35 bits per heavy atom. The Morgan fingerprint density at radius 2 is 2.00 bits per heavy atom. The topological polar surface area (TPSA) is 69.2 Å². The van der Waals surface area contributed by atoms with E-state index < -0.39 is 12.0 Å². The van der Waals surface area contributed by atoms with Crippen LogP contribution in [0, 0.1) is 13.8 Å². The second kappa shape index (κ2) is 4.87. The number of aliphatic carboxylic acids is 1. The molecule has 5 nitrogen and oxygen atoms in total. The normalized spacial score (nSPS) is 19.2. The average Bonchev–Trinajstić information content (AvgIpc) is 2.59. The van der Waals surface area contributed by atoms with Gasteiger partial charge in [-0.25, -0.2) is 4.98 Å². The van der Waals surface area contributed by atoms with Crippen LogP contribution >= 0.6 is 0 Å². The maximum Gasteiger partial charge on any atom is 0.327 e. The van der Waals surface area contributed by atoms with Gasteiger partial charge in [0.05, 0.1) is 5.69 Å². The molecular formula is C12H19N3O2. The quantitative estimate of drug-likeness (QED) is 0.838. The van der Waals surface area contributed by atoms with Crippen LogP contribution in [0.2, 0.25) is 0 Å². The van der Waals surface area contributed by atoms with Crippen molar-refractivity contribution in [2.45, 2.75) is 39.2 Å². The van der Waals surface area contributed by atoms with Gasteiger partial charge < -0.3 is 10.1 Å². The van der Waals surface area contributed by atoms with Crippen LogP contribution in [-0.2, 0) is 4.79 Å². The van der Waals surface area contributed by atoms with E-state index in [2.05, 4.69) is 9.97 Å². The predicted molar refractivity (Wildman–Crippen MR) is 63.9 cm³/mol. The van der Waals surface area contributed by atoms with Gasteiger partial charge in [0, 0.05) is 5.69 Å². The minimum absolute atomic E-state index is 0.597. The number of carboxylic acids is 1. The number of H-pyrrole nitrogens is 1. The molecule has 2 heterocycles. The summed E-state index contributed by atoms with van der Waals surface area (Å²) in [5.41, 5.74) is 1.53. The summed E-state index contributed by atoms with van der Waals surface area (Å²) >= 11 is 0. The molecule has 94 valence electrons. The minimum Gasteiger partial charge on any atom is -0.480 e. The summed E-state index contributed by atoms with van der Waals surface area (Å²) in [6.07, 6.45) is 3.35. The predicted octanol–water partition coefficient (Wildman–Crippen LogP) is 1.64. The summed E-state index contributed by atoms with van der Waals surface area (Å²) in [6, 6.07) is -0.597. The lowest BCUT2D eigenvalue weighted by Gasteiger charge is -2.31. The van der Waals surface area contributed by atoms with Gasteiger partial charge >= 0.3 is 5.97 Å². The number of hydrogen-bond acceptors (Lipinski definition) is 3. The Labute approximate surface area is 101 Å². The lowest BCUT2D eigenvalue weighted by atomic mass is 10.1. The molecule has 1 aliphatic heterocycles. The van der Waals surface area contributed by atoms with Crippen LogP contribution in [0.25, 0.3) is 0 Å². The van der Waals surface area contributed by atoms with Crippen molar-refractivity contribution in [2.75, 3.05) is 13.1 Å². The summed E-state index contributed by atoms with van der Waals surface area (Å²) in [4.78, 5) is 20.9. The molecule has 0 aliphatic carbocycles. The number of rotatable bonds is 3. The van der Waals surface area contributed by atoms with Crippen LogP contribution in [0.5, 0.6) is 0 Å². The maximum atomic E-state index is 11.5. The fourth-order valence-electron chi connectivity index (χ4n) is 2.52. The summed E-state index contributed by atoms with van der Waals surface area (Å²) in [5, 5.41) is 9.42. The van der Waals surface area contributed by atoms with Crippen LogP contribution < -0.4 is 0 Å². The number of aromatic nitrogens is 2. The molecule has 1 saturated heterocycles. The molecule has 17 heavy (non-hydrogen) atoms. The molecule has 0 saturated carbocycles. The van der Waals surface area contributed by atoms with Crippen molar-refractivity contribution in [1.82, 2.24) is 14.9 Å². The number of nitrogens with one attached hydrogen (secondary N) is 1. The molecule has 1 unspecified atom stereocenters. The number of piperidine rings is 1. The fraction of sp³-hybridized carbons (Fsp3) is 0.667. The molecular weight excluding hydrogens is 218 g/mol. The van der Waals surface area contributed by atoms with E-state index in [0.717, 1.165) is 37.4 Å². The van der Waals surface area contributed by atoms with E-state index in [1.807, 2.05) is 18.7 Å². The molecule has 2 N–H and O–H groups in total. The maximum absolute atomic E-state index is 11.5. The van der Waals surface area contributed by atoms with E-state index in [4.69, 9.17) is 0 Å². The van der Waals surface area contributed by atoms with E-state index in [0.29, 0.717) is 5.69 Å². The summed E-state index contributed by atoms with van der Waals surface area (Å²) in [6.45, 7) is 5.44. The Bertz CT molecular complexity index is 408. The highest BCUT2D eigenvalue weighted by Crippen LogP contribution is 2.25. The van der Waals surface area contributed by atoms with Gasteiger partial charge in [-0.15, -0.1) is 0 Å². The number of carbonyl (C=O) groups is 1. The second-order valence-electron chi connectivity index (χ2n) is 4.67. The summed E-state index contributed by atoms with van der Waals surface area (Å²) < 4.78 is 0. The molecule has 5 heteroatoms. The van der Waals surface area contributed by atoms with Crippen LogP contribution in [0.4, 0.5) is 0 Å². The van der Waals surface area contributed by atoms with Crippen LogP contribution in [-0.4, -0.2) is 39.0 Å². The first kappa shape index (κ1) is 12.1. The lowest BCUT2D eigenvalue weighted by molar-refractivity contribution is -0.144. The molecule has 0 aromatic carbocycles. The molecule has 1 aromatic heterocycles. The lowest BCUT2D eigenvalue weighted by Crippen LogP contribution is -2.38. The molecule has 0 radical (unpaired) electrons. The largest absolute Gasteiger partial charge is 0.480 e. The van der Waals surface area contributed by atoms with Gasteiger partial charge in [-0.2, -0.15) is 0 Å². The first-order valence-electron chi connectivity index (χ1n) is 6.09. The van der Waals surface area contributed by atoms with Crippen LogP contribution in [0.1, 0.15) is 42.5 Å². The van der Waals surface area contributed by atoms with Gasteiger partial charge in [-0.3, -0.25) is 9.69 Å². The van der Waals surface area contributed by atoms with E-state index in [-0.39, 0.29) is 0 Å². The van der Waals surface area contributed by atoms with Gasteiger partial charge in [-0.1, -0.05) is 6.42 Å². The van der Waals surface area contributed by atoms with Crippen molar-refractivity contribution in [3.8, 4) is 0 Å². The highest BCUT2D eigenvalue weighted by molar-refractivity contribution is 5.75. The number of carboxylic acid groups (broad SMARTS) is 1. The molecule has 1 fully saturated rings. The van der Waals surface area contributed by atoms with E-state index in [1.165, 1.54) is 6.42 Å². The number of likely N-dealkylation sites (tertiary alicyclic amines) is 1. The van der Waals surface area contributed by atoms with E-state index >= 15 is 0 Å². The van der Waals surface area contributed by atoms with Crippen molar-refractivity contribution in [3.63, 3.8) is 0 Å². The van der Waals surface area contributed by atoms with Gasteiger partial charge in [-0.05, 0) is 39.8 Å².